The first-order valence-electron chi connectivity index (χ1n) is 8.63. The molecule has 0 radical (unpaired) electrons. The molecule has 0 unspecified atom stereocenters. The van der Waals surface area contributed by atoms with Crippen molar-refractivity contribution in [1.29, 1.82) is 0 Å². The van der Waals surface area contributed by atoms with Gasteiger partial charge in [0, 0.05) is 25.3 Å². The van der Waals surface area contributed by atoms with Crippen LogP contribution in [0.15, 0.2) is 54.6 Å². The van der Waals surface area contributed by atoms with E-state index in [0.29, 0.717) is 12.3 Å². The summed E-state index contributed by atoms with van der Waals surface area (Å²) in [4.78, 5) is 14.5. The lowest BCUT2D eigenvalue weighted by molar-refractivity contribution is -0.127. The smallest absolute Gasteiger partial charge is 0.261 e. The number of hydrogen-bond donors (Lipinski definition) is 1. The minimum absolute atomic E-state index is 0.124. The van der Waals surface area contributed by atoms with Crippen LogP contribution in [0.2, 0.25) is 0 Å². The molecule has 1 N–H and O–H groups in total. The Kier molecular flexibility index (Phi) is 5.90. The minimum atomic E-state index is -0.532. The van der Waals surface area contributed by atoms with Gasteiger partial charge in [-0.15, -0.1) is 0 Å². The van der Waals surface area contributed by atoms with Crippen LogP contribution >= 0.6 is 0 Å². The van der Waals surface area contributed by atoms with Gasteiger partial charge in [0.1, 0.15) is 5.75 Å². The van der Waals surface area contributed by atoms with Crippen molar-refractivity contribution in [1.82, 2.24) is 5.32 Å². The molecule has 1 amide bonds. The molecule has 2 aromatic carbocycles. The fraction of sp³-hybridized carbons (Fsp3) is 0.350. The number of hydrogen-bond acceptors (Lipinski definition) is 4. The number of carbonyl (C=O) groups is 1. The number of para-hydroxylation sites is 1. The molecule has 5 nitrogen and oxygen atoms in total. The Morgan fingerprint density at radius 2 is 1.80 bits per heavy atom. The van der Waals surface area contributed by atoms with Crippen molar-refractivity contribution >= 4 is 11.6 Å². The van der Waals surface area contributed by atoms with Crippen molar-refractivity contribution in [2.45, 2.75) is 19.6 Å². The zero-order valence-electron chi connectivity index (χ0n) is 14.5. The van der Waals surface area contributed by atoms with Crippen LogP contribution in [-0.2, 0) is 16.1 Å². The molecule has 25 heavy (non-hydrogen) atoms. The molecule has 0 saturated carbocycles. The number of nitrogens with zero attached hydrogens (tertiary/aromatic N) is 1. The van der Waals surface area contributed by atoms with E-state index in [0.717, 1.165) is 31.9 Å². The van der Waals surface area contributed by atoms with Gasteiger partial charge >= 0.3 is 0 Å². The highest BCUT2D eigenvalue weighted by Gasteiger charge is 2.14. The molecule has 0 bridgehead atoms. The molecule has 0 aliphatic carbocycles. The van der Waals surface area contributed by atoms with Gasteiger partial charge in [0.05, 0.1) is 13.2 Å². The van der Waals surface area contributed by atoms with E-state index in [-0.39, 0.29) is 5.91 Å². The summed E-state index contributed by atoms with van der Waals surface area (Å²) in [5, 5.41) is 2.92. The summed E-state index contributed by atoms with van der Waals surface area (Å²) < 4.78 is 11.0. The van der Waals surface area contributed by atoms with Crippen molar-refractivity contribution in [2.75, 3.05) is 31.2 Å². The number of rotatable bonds is 6. The van der Waals surface area contributed by atoms with Gasteiger partial charge in [-0.2, -0.15) is 0 Å². The van der Waals surface area contributed by atoms with Crippen LogP contribution in [0.4, 0.5) is 5.69 Å². The van der Waals surface area contributed by atoms with Crippen LogP contribution in [0.5, 0.6) is 5.75 Å². The largest absolute Gasteiger partial charge is 0.481 e. The first-order valence-corrected chi connectivity index (χ1v) is 8.63. The van der Waals surface area contributed by atoms with Gasteiger partial charge in [0.15, 0.2) is 6.10 Å². The van der Waals surface area contributed by atoms with E-state index in [1.807, 2.05) is 42.5 Å². The van der Waals surface area contributed by atoms with E-state index >= 15 is 0 Å². The zero-order valence-corrected chi connectivity index (χ0v) is 14.5. The topological polar surface area (TPSA) is 50.8 Å². The molecule has 3 rings (SSSR count). The average Bonchev–Trinajstić information content (AvgIpc) is 2.68. The zero-order chi connectivity index (χ0) is 17.5. The molecule has 2 aromatic rings. The number of morpholine rings is 1. The lowest BCUT2D eigenvalue weighted by atomic mass is 10.2. The maximum Gasteiger partial charge on any atom is 0.261 e. The molecule has 0 spiro atoms. The molecule has 1 aliphatic heterocycles. The predicted molar refractivity (Wildman–Crippen MR) is 97.9 cm³/mol. The van der Waals surface area contributed by atoms with E-state index in [4.69, 9.17) is 9.47 Å². The summed E-state index contributed by atoms with van der Waals surface area (Å²) in [7, 11) is 0. The first-order chi connectivity index (χ1) is 12.2. The molecular formula is C20H24N2O3. The summed E-state index contributed by atoms with van der Waals surface area (Å²) in [5.74, 6) is 0.570. The fourth-order valence-electron chi connectivity index (χ4n) is 2.74. The Labute approximate surface area is 148 Å². The second-order valence-electron chi connectivity index (χ2n) is 6.06. The van der Waals surface area contributed by atoms with Crippen LogP contribution < -0.4 is 15.0 Å². The van der Waals surface area contributed by atoms with Gasteiger partial charge in [0.25, 0.3) is 5.91 Å². The monoisotopic (exact) mass is 340 g/mol. The Hall–Kier alpha value is -2.53. The van der Waals surface area contributed by atoms with Crippen molar-refractivity contribution < 1.29 is 14.3 Å². The normalized spacial score (nSPS) is 15.5. The molecule has 1 aliphatic rings. The minimum Gasteiger partial charge on any atom is -0.481 e. The SMILES string of the molecule is C[C@@H](Oc1ccccc1)C(=O)NCc1ccc(N2CCOCC2)cc1. The molecule has 0 aromatic heterocycles. The molecule has 1 saturated heterocycles. The molecular weight excluding hydrogens is 316 g/mol. The summed E-state index contributed by atoms with van der Waals surface area (Å²) in [6.07, 6.45) is -0.532. The predicted octanol–water partition coefficient (Wildman–Crippen LogP) is 2.61. The van der Waals surface area contributed by atoms with Crippen LogP contribution in [-0.4, -0.2) is 38.3 Å². The fourth-order valence-corrected chi connectivity index (χ4v) is 2.74. The molecule has 132 valence electrons. The number of ether oxygens (including phenoxy) is 2. The second-order valence-corrected chi connectivity index (χ2v) is 6.06. The van der Waals surface area contributed by atoms with Crippen LogP contribution in [0.3, 0.4) is 0 Å². The van der Waals surface area contributed by atoms with Crippen molar-refractivity contribution in [3.05, 3.63) is 60.2 Å². The van der Waals surface area contributed by atoms with Gasteiger partial charge < -0.3 is 19.7 Å². The van der Waals surface area contributed by atoms with E-state index in [1.165, 1.54) is 5.69 Å². The maximum atomic E-state index is 12.2. The summed E-state index contributed by atoms with van der Waals surface area (Å²) >= 11 is 0. The lowest BCUT2D eigenvalue weighted by Crippen LogP contribution is -2.36. The number of benzene rings is 2. The average molecular weight is 340 g/mol. The van der Waals surface area contributed by atoms with Gasteiger partial charge in [0.2, 0.25) is 0 Å². The second kappa shape index (κ2) is 8.53. The summed E-state index contributed by atoms with van der Waals surface area (Å²) in [6.45, 7) is 5.64. The highest BCUT2D eigenvalue weighted by molar-refractivity contribution is 5.80. The number of carbonyl (C=O) groups excluding carboxylic acids is 1. The molecule has 1 fully saturated rings. The Morgan fingerprint density at radius 3 is 2.48 bits per heavy atom. The van der Waals surface area contributed by atoms with E-state index in [1.54, 1.807) is 6.92 Å². The summed E-state index contributed by atoms with van der Waals surface area (Å²) in [5.41, 5.74) is 2.26. The number of amides is 1. The Bertz CT molecular complexity index is 667. The van der Waals surface area contributed by atoms with Gasteiger partial charge in [-0.05, 0) is 36.8 Å². The van der Waals surface area contributed by atoms with Gasteiger partial charge in [-0.1, -0.05) is 30.3 Å². The highest BCUT2D eigenvalue weighted by atomic mass is 16.5. The standard InChI is InChI=1S/C20H24N2O3/c1-16(25-19-5-3-2-4-6-19)20(23)21-15-17-7-9-18(10-8-17)22-11-13-24-14-12-22/h2-10,16H,11-15H2,1H3,(H,21,23)/t16-/m1/s1. The third-order valence-electron chi connectivity index (χ3n) is 4.20. The maximum absolute atomic E-state index is 12.2. The van der Waals surface area contributed by atoms with Crippen molar-refractivity contribution in [3.8, 4) is 5.75 Å². The quantitative estimate of drug-likeness (QED) is 0.878. The Balaban J connectivity index is 1.48. The third kappa shape index (κ3) is 4.97. The van der Waals surface area contributed by atoms with Crippen molar-refractivity contribution in [3.63, 3.8) is 0 Å². The highest BCUT2D eigenvalue weighted by Crippen LogP contribution is 2.16. The molecule has 5 heteroatoms. The lowest BCUT2D eigenvalue weighted by Gasteiger charge is -2.28. The molecule has 1 atom stereocenters. The van der Waals surface area contributed by atoms with E-state index in [9.17, 15) is 4.79 Å². The van der Waals surface area contributed by atoms with Crippen LogP contribution in [0.25, 0.3) is 0 Å². The number of nitrogens with one attached hydrogen (secondary N) is 1. The van der Waals surface area contributed by atoms with Gasteiger partial charge in [-0.25, -0.2) is 0 Å². The Morgan fingerprint density at radius 1 is 1.12 bits per heavy atom. The third-order valence-corrected chi connectivity index (χ3v) is 4.20. The van der Waals surface area contributed by atoms with E-state index < -0.39 is 6.10 Å². The van der Waals surface area contributed by atoms with E-state index in [2.05, 4.69) is 22.3 Å². The van der Waals surface area contributed by atoms with Gasteiger partial charge in [-0.3, -0.25) is 4.79 Å². The molecule has 1 heterocycles. The van der Waals surface area contributed by atoms with Crippen LogP contribution in [0, 0.1) is 0 Å². The first kappa shape index (κ1) is 17.3. The van der Waals surface area contributed by atoms with Crippen molar-refractivity contribution in [2.24, 2.45) is 0 Å². The number of anilines is 1. The summed E-state index contributed by atoms with van der Waals surface area (Å²) in [6, 6.07) is 17.7. The van der Waals surface area contributed by atoms with Crippen LogP contribution in [0.1, 0.15) is 12.5 Å².